The molecule has 0 aromatic heterocycles. The van der Waals surface area contributed by atoms with E-state index in [-0.39, 0.29) is 0 Å². The van der Waals surface area contributed by atoms with Gasteiger partial charge in [0.05, 0.1) is 0 Å². The predicted octanol–water partition coefficient (Wildman–Crippen LogP) is 0.937. The fraction of sp³-hybridized carbons (Fsp3) is 0.222. The van der Waals surface area contributed by atoms with E-state index in [1.54, 1.807) is 0 Å². The van der Waals surface area contributed by atoms with Crippen LogP contribution in [0.25, 0.3) is 0 Å². The van der Waals surface area contributed by atoms with Gasteiger partial charge in [-0.25, -0.2) is 26.7 Å². The predicted molar refractivity (Wildman–Crippen MR) is 52.9 cm³/mol. The standard InChI is InChI=1S/C9H7F5O4Si/c1-17-19(16)2-18-9(15)3-4(10)6(12)8(14)7(13)5(3)11/h16,19H,2H2,1H3. The highest BCUT2D eigenvalue weighted by atomic mass is 28.3. The molecule has 0 radical (unpaired) electrons. The minimum Gasteiger partial charge on any atom is -0.460 e. The van der Waals surface area contributed by atoms with Crippen molar-refractivity contribution >= 4 is 15.3 Å². The Kier molecular flexibility index (Phi) is 4.97. The summed E-state index contributed by atoms with van der Waals surface area (Å²) in [5.74, 6) is -13.3. The lowest BCUT2D eigenvalue weighted by atomic mass is 10.1. The summed E-state index contributed by atoms with van der Waals surface area (Å²) in [6.45, 7) is 0. The van der Waals surface area contributed by atoms with E-state index >= 15 is 0 Å². The van der Waals surface area contributed by atoms with E-state index in [1.807, 2.05) is 0 Å². The van der Waals surface area contributed by atoms with Crippen LogP contribution in [0.5, 0.6) is 0 Å². The number of ether oxygens (including phenoxy) is 1. The van der Waals surface area contributed by atoms with E-state index < -0.39 is 56.1 Å². The number of esters is 1. The van der Waals surface area contributed by atoms with E-state index in [1.165, 1.54) is 0 Å². The Balaban J connectivity index is 3.10. The first-order valence-corrected chi connectivity index (χ1v) is 6.51. The second kappa shape index (κ2) is 6.08. The first-order chi connectivity index (χ1) is 8.81. The fourth-order valence-electron chi connectivity index (χ4n) is 1.07. The van der Waals surface area contributed by atoms with Crippen molar-refractivity contribution in [1.29, 1.82) is 0 Å². The Morgan fingerprint density at radius 2 is 1.47 bits per heavy atom. The third-order valence-electron chi connectivity index (χ3n) is 2.04. The smallest absolute Gasteiger partial charge is 0.357 e. The zero-order valence-corrected chi connectivity index (χ0v) is 10.5. The number of halogens is 5. The minimum atomic E-state index is -2.88. The van der Waals surface area contributed by atoms with Gasteiger partial charge in [-0.15, -0.1) is 0 Å². The first kappa shape index (κ1) is 15.5. The first-order valence-electron chi connectivity index (χ1n) is 4.70. The maximum Gasteiger partial charge on any atom is 0.357 e. The summed E-state index contributed by atoms with van der Waals surface area (Å²) in [4.78, 5) is 20.2. The molecule has 0 aliphatic carbocycles. The SMILES string of the molecule is CO[SiH](O)COC(=O)c1c(F)c(F)c(F)c(F)c1F. The molecule has 1 unspecified atom stereocenters. The van der Waals surface area contributed by atoms with Crippen LogP contribution in [0.4, 0.5) is 22.0 Å². The number of hydrogen-bond acceptors (Lipinski definition) is 4. The van der Waals surface area contributed by atoms with Gasteiger partial charge in [0.1, 0.15) is 11.8 Å². The molecular formula is C9H7F5O4Si. The summed E-state index contributed by atoms with van der Waals surface area (Å²) in [6.07, 6.45) is -0.700. The van der Waals surface area contributed by atoms with Crippen LogP contribution in [0.2, 0.25) is 0 Å². The van der Waals surface area contributed by atoms with Gasteiger partial charge in [-0.2, -0.15) is 0 Å². The van der Waals surface area contributed by atoms with Crippen molar-refractivity contribution in [1.82, 2.24) is 0 Å². The highest BCUT2D eigenvalue weighted by Gasteiger charge is 2.31. The Bertz CT molecular complexity index is 481. The molecule has 0 spiro atoms. The maximum absolute atomic E-state index is 13.2. The fourth-order valence-corrected chi connectivity index (χ4v) is 1.50. The van der Waals surface area contributed by atoms with E-state index in [0.717, 1.165) is 7.11 Å². The molecule has 4 nitrogen and oxygen atoms in total. The normalized spacial score (nSPS) is 12.4. The summed E-state index contributed by atoms with van der Waals surface area (Å²) in [6, 6.07) is 0. The van der Waals surface area contributed by atoms with Crippen molar-refractivity contribution in [2.24, 2.45) is 0 Å². The molecule has 0 aliphatic rings. The van der Waals surface area contributed by atoms with E-state index in [2.05, 4.69) is 9.16 Å². The number of carbonyl (C=O) groups excluding carboxylic acids is 1. The lowest BCUT2D eigenvalue weighted by Crippen LogP contribution is -2.26. The average molecular weight is 302 g/mol. The third kappa shape index (κ3) is 3.08. The van der Waals surface area contributed by atoms with Crippen molar-refractivity contribution in [2.75, 3.05) is 13.3 Å². The number of hydrogen-bond donors (Lipinski definition) is 1. The zero-order valence-electron chi connectivity index (χ0n) is 9.35. The zero-order chi connectivity index (χ0) is 14.7. The Hall–Kier alpha value is -1.52. The lowest BCUT2D eigenvalue weighted by molar-refractivity contribution is 0.0523. The molecule has 1 rings (SSSR count). The molecule has 1 aromatic rings. The Morgan fingerprint density at radius 3 is 1.89 bits per heavy atom. The highest BCUT2D eigenvalue weighted by molar-refractivity contribution is 6.42. The second-order valence-electron chi connectivity index (χ2n) is 3.23. The molecule has 1 atom stereocenters. The summed E-state index contributed by atoms with van der Waals surface area (Å²) >= 11 is 0. The van der Waals surface area contributed by atoms with Crippen LogP contribution in [0, 0.1) is 29.1 Å². The van der Waals surface area contributed by atoms with E-state index in [9.17, 15) is 26.7 Å². The highest BCUT2D eigenvalue weighted by Crippen LogP contribution is 2.23. The van der Waals surface area contributed by atoms with E-state index in [4.69, 9.17) is 4.80 Å². The molecule has 10 heteroatoms. The van der Waals surface area contributed by atoms with Crippen LogP contribution in [-0.4, -0.2) is 33.4 Å². The van der Waals surface area contributed by atoms with Gasteiger partial charge < -0.3 is 14.0 Å². The summed E-state index contributed by atoms with van der Waals surface area (Å²) in [5, 5.41) is 0. The van der Waals surface area contributed by atoms with Crippen LogP contribution < -0.4 is 0 Å². The van der Waals surface area contributed by atoms with Gasteiger partial charge in [0.2, 0.25) is 5.82 Å². The molecule has 1 aromatic carbocycles. The van der Waals surface area contributed by atoms with Crippen molar-refractivity contribution in [2.45, 2.75) is 0 Å². The molecule has 0 fully saturated rings. The quantitative estimate of drug-likeness (QED) is 0.296. The van der Waals surface area contributed by atoms with Gasteiger partial charge >= 0.3 is 15.3 Å². The van der Waals surface area contributed by atoms with Crippen LogP contribution >= 0.6 is 0 Å². The average Bonchev–Trinajstić information content (AvgIpc) is 2.40. The summed E-state index contributed by atoms with van der Waals surface area (Å²) < 4.78 is 73.2. The molecule has 0 saturated heterocycles. The largest absolute Gasteiger partial charge is 0.460 e. The Morgan fingerprint density at radius 1 is 1.05 bits per heavy atom. The number of carbonyl (C=O) groups is 1. The number of benzene rings is 1. The topological polar surface area (TPSA) is 55.8 Å². The van der Waals surface area contributed by atoms with Gasteiger partial charge in [0.25, 0.3) is 0 Å². The van der Waals surface area contributed by atoms with Crippen LogP contribution in [0.15, 0.2) is 0 Å². The second-order valence-corrected chi connectivity index (χ2v) is 4.95. The molecule has 106 valence electrons. The molecule has 0 aliphatic heterocycles. The van der Waals surface area contributed by atoms with Crippen molar-refractivity contribution in [3.05, 3.63) is 34.6 Å². The summed E-state index contributed by atoms with van der Waals surface area (Å²) in [5.41, 5.74) is -1.71. The van der Waals surface area contributed by atoms with Crippen LogP contribution in [0.3, 0.4) is 0 Å². The van der Waals surface area contributed by atoms with Gasteiger partial charge in [-0.1, -0.05) is 0 Å². The van der Waals surface area contributed by atoms with Crippen molar-refractivity contribution in [3.8, 4) is 0 Å². The lowest BCUT2D eigenvalue weighted by Gasteiger charge is -2.09. The van der Waals surface area contributed by atoms with E-state index in [0.29, 0.717) is 0 Å². The minimum absolute atomic E-state index is 0.700. The molecule has 0 heterocycles. The maximum atomic E-state index is 13.2. The van der Waals surface area contributed by atoms with Crippen molar-refractivity contribution in [3.63, 3.8) is 0 Å². The van der Waals surface area contributed by atoms with Crippen LogP contribution in [-0.2, 0) is 9.16 Å². The van der Waals surface area contributed by atoms with Crippen LogP contribution in [0.1, 0.15) is 10.4 Å². The number of rotatable bonds is 4. The Labute approximate surface area is 105 Å². The van der Waals surface area contributed by atoms with Gasteiger partial charge in [-0.3, -0.25) is 0 Å². The monoisotopic (exact) mass is 302 g/mol. The molecule has 0 saturated carbocycles. The summed E-state index contributed by atoms with van der Waals surface area (Å²) in [7, 11) is -1.78. The van der Waals surface area contributed by atoms with Gasteiger partial charge in [0.15, 0.2) is 23.3 Å². The van der Waals surface area contributed by atoms with Gasteiger partial charge in [-0.05, 0) is 0 Å². The molecule has 1 N–H and O–H groups in total. The third-order valence-corrected chi connectivity index (χ3v) is 3.04. The van der Waals surface area contributed by atoms with Gasteiger partial charge in [0, 0.05) is 7.11 Å². The molecule has 0 bridgehead atoms. The molecule has 19 heavy (non-hydrogen) atoms. The molecule has 0 amide bonds. The molecular weight excluding hydrogens is 295 g/mol. The van der Waals surface area contributed by atoms with Crippen molar-refractivity contribution < 1.29 is 40.7 Å².